The third kappa shape index (κ3) is 2.88. The van der Waals surface area contributed by atoms with Crippen molar-refractivity contribution in [3.8, 4) is 0 Å². The molecule has 0 aromatic carbocycles. The molecule has 0 radical (unpaired) electrons. The highest BCUT2D eigenvalue weighted by molar-refractivity contribution is 7.89. The number of nitrogens with one attached hydrogen (secondary N) is 2. The first kappa shape index (κ1) is 13.4. The number of hydrogen-bond donors (Lipinski definition) is 2. The van der Waals surface area contributed by atoms with Gasteiger partial charge in [0.1, 0.15) is 12.2 Å². The number of hydrogen-bond acceptors (Lipinski definition) is 6. The summed E-state index contributed by atoms with van der Waals surface area (Å²) in [5, 5.41) is 10.2. The van der Waals surface area contributed by atoms with Gasteiger partial charge in [-0.15, -0.1) is 10.2 Å². The van der Waals surface area contributed by atoms with Gasteiger partial charge in [0.15, 0.2) is 5.03 Å². The maximum Gasteiger partial charge on any atom is 0.260 e. The van der Waals surface area contributed by atoms with Crippen molar-refractivity contribution in [2.75, 3.05) is 12.4 Å². The van der Waals surface area contributed by atoms with E-state index in [0.717, 1.165) is 0 Å². The lowest BCUT2D eigenvalue weighted by Crippen LogP contribution is -2.26. The number of pyridine rings is 1. The molecule has 0 saturated heterocycles. The van der Waals surface area contributed by atoms with E-state index >= 15 is 0 Å². The first-order valence-electron chi connectivity index (χ1n) is 5.50. The Morgan fingerprint density at radius 2 is 2.21 bits per heavy atom. The Morgan fingerprint density at radius 3 is 2.84 bits per heavy atom. The normalized spacial score (nSPS) is 11.5. The third-order valence-electron chi connectivity index (χ3n) is 2.52. The molecule has 2 N–H and O–H groups in total. The van der Waals surface area contributed by atoms with Crippen LogP contribution in [0.3, 0.4) is 0 Å². The fourth-order valence-corrected chi connectivity index (χ4v) is 2.61. The molecule has 2 heterocycles. The summed E-state index contributed by atoms with van der Waals surface area (Å²) in [6, 6.07) is 3.30. The molecule has 2 rings (SSSR count). The fraction of sp³-hybridized carbons (Fsp3) is 0.300. The van der Waals surface area contributed by atoms with Crippen LogP contribution in [0.4, 0.5) is 5.69 Å². The minimum atomic E-state index is -3.70. The summed E-state index contributed by atoms with van der Waals surface area (Å²) in [5.41, 5.74) is 0.438. The monoisotopic (exact) mass is 282 g/mol. The van der Waals surface area contributed by atoms with Crippen LogP contribution in [0.5, 0.6) is 0 Å². The van der Waals surface area contributed by atoms with Gasteiger partial charge in [0, 0.05) is 20.3 Å². The van der Waals surface area contributed by atoms with Crippen LogP contribution in [0, 0.1) is 0 Å². The quantitative estimate of drug-likeness (QED) is 0.782. The van der Waals surface area contributed by atoms with E-state index in [9.17, 15) is 8.42 Å². The maximum absolute atomic E-state index is 12.1. The summed E-state index contributed by atoms with van der Waals surface area (Å²) >= 11 is 0. The summed E-state index contributed by atoms with van der Waals surface area (Å²) < 4.78 is 28.4. The largest absolute Gasteiger partial charge is 0.386 e. The van der Waals surface area contributed by atoms with Crippen LogP contribution in [0.15, 0.2) is 29.7 Å². The first-order valence-corrected chi connectivity index (χ1v) is 6.98. The molecule has 0 bridgehead atoms. The highest BCUT2D eigenvalue weighted by Crippen LogP contribution is 2.16. The number of aromatic nitrogens is 4. The van der Waals surface area contributed by atoms with Crippen LogP contribution >= 0.6 is 0 Å². The molecule has 0 aliphatic heterocycles. The van der Waals surface area contributed by atoms with E-state index in [-0.39, 0.29) is 11.6 Å². The van der Waals surface area contributed by atoms with Gasteiger partial charge in [0.2, 0.25) is 0 Å². The van der Waals surface area contributed by atoms with Crippen molar-refractivity contribution in [2.45, 2.75) is 11.6 Å². The molecule has 0 spiro atoms. The molecule has 0 aliphatic rings. The topological polar surface area (TPSA) is 102 Å². The molecule has 19 heavy (non-hydrogen) atoms. The summed E-state index contributed by atoms with van der Waals surface area (Å²) in [5.74, 6) is 0.519. The van der Waals surface area contributed by atoms with E-state index in [0.29, 0.717) is 11.5 Å². The smallest absolute Gasteiger partial charge is 0.260 e. The van der Waals surface area contributed by atoms with Crippen LogP contribution in [0.1, 0.15) is 5.82 Å². The lowest BCUT2D eigenvalue weighted by molar-refractivity contribution is 0.574. The van der Waals surface area contributed by atoms with Crippen LogP contribution < -0.4 is 10.0 Å². The number of rotatable bonds is 5. The number of anilines is 1. The van der Waals surface area contributed by atoms with Gasteiger partial charge in [0.25, 0.3) is 10.0 Å². The number of sulfonamides is 1. The second-order valence-electron chi connectivity index (χ2n) is 3.79. The van der Waals surface area contributed by atoms with Gasteiger partial charge < -0.3 is 9.88 Å². The van der Waals surface area contributed by atoms with Crippen molar-refractivity contribution in [2.24, 2.45) is 7.05 Å². The van der Waals surface area contributed by atoms with Gasteiger partial charge in [-0.05, 0) is 12.1 Å². The van der Waals surface area contributed by atoms with E-state index < -0.39 is 10.0 Å². The Hall–Kier alpha value is -2.00. The van der Waals surface area contributed by atoms with Crippen molar-refractivity contribution < 1.29 is 8.42 Å². The van der Waals surface area contributed by atoms with Gasteiger partial charge >= 0.3 is 0 Å². The Kier molecular flexibility index (Phi) is 3.76. The van der Waals surface area contributed by atoms with Crippen molar-refractivity contribution >= 4 is 15.7 Å². The van der Waals surface area contributed by atoms with Crippen molar-refractivity contribution in [1.82, 2.24) is 24.5 Å². The zero-order valence-electron chi connectivity index (χ0n) is 10.5. The molecular formula is C10H14N6O2S. The molecule has 0 unspecified atom stereocenters. The van der Waals surface area contributed by atoms with E-state index in [2.05, 4.69) is 25.2 Å². The zero-order chi connectivity index (χ0) is 13.9. The minimum absolute atomic E-state index is 0.0420. The van der Waals surface area contributed by atoms with E-state index in [1.54, 1.807) is 30.8 Å². The molecule has 0 fully saturated rings. The molecule has 8 nitrogen and oxygen atoms in total. The van der Waals surface area contributed by atoms with Crippen LogP contribution in [-0.4, -0.2) is 35.2 Å². The van der Waals surface area contributed by atoms with Crippen molar-refractivity contribution in [3.05, 3.63) is 30.5 Å². The Bertz CT molecular complexity index is 666. The average Bonchev–Trinajstić information content (AvgIpc) is 2.82. The molecule has 9 heteroatoms. The second kappa shape index (κ2) is 5.33. The summed E-state index contributed by atoms with van der Waals surface area (Å²) in [4.78, 5) is 3.89. The molecule has 102 valence electrons. The predicted molar refractivity (Wildman–Crippen MR) is 68.8 cm³/mol. The molecule has 2 aromatic heterocycles. The van der Waals surface area contributed by atoms with Gasteiger partial charge in [0.05, 0.1) is 12.2 Å². The van der Waals surface area contributed by atoms with Crippen molar-refractivity contribution in [3.63, 3.8) is 0 Å². The van der Waals surface area contributed by atoms with Gasteiger partial charge in [-0.25, -0.2) is 18.1 Å². The highest BCUT2D eigenvalue weighted by Gasteiger charge is 2.20. The molecule has 2 aromatic rings. The fourth-order valence-electron chi connectivity index (χ4n) is 1.49. The molecular weight excluding hydrogens is 268 g/mol. The van der Waals surface area contributed by atoms with Gasteiger partial charge in [-0.1, -0.05) is 0 Å². The molecule has 0 atom stereocenters. The lowest BCUT2D eigenvalue weighted by atomic mass is 10.4. The summed E-state index contributed by atoms with van der Waals surface area (Å²) in [7, 11) is -0.323. The van der Waals surface area contributed by atoms with E-state index in [1.807, 2.05) is 0 Å². The van der Waals surface area contributed by atoms with Gasteiger partial charge in [-0.2, -0.15) is 0 Å². The predicted octanol–water partition coefficient (Wildman–Crippen LogP) is -0.270. The number of nitrogens with zero attached hydrogens (tertiary/aromatic N) is 4. The zero-order valence-corrected chi connectivity index (χ0v) is 11.3. The van der Waals surface area contributed by atoms with E-state index in [4.69, 9.17) is 0 Å². The molecule has 0 amide bonds. The molecule has 0 saturated carbocycles. The first-order chi connectivity index (χ1) is 9.04. The SMILES string of the molecule is CNc1cccnc1S(=O)(=O)NCc1nncn1C. The van der Waals surface area contributed by atoms with E-state index in [1.165, 1.54) is 12.5 Å². The second-order valence-corrected chi connectivity index (χ2v) is 5.47. The highest BCUT2D eigenvalue weighted by atomic mass is 32.2. The summed E-state index contributed by atoms with van der Waals surface area (Å²) in [6.45, 7) is 0.0541. The summed E-state index contributed by atoms with van der Waals surface area (Å²) in [6.07, 6.45) is 2.93. The van der Waals surface area contributed by atoms with Crippen LogP contribution in [0.2, 0.25) is 0 Å². The minimum Gasteiger partial charge on any atom is -0.386 e. The lowest BCUT2D eigenvalue weighted by Gasteiger charge is -2.09. The Labute approximate surface area is 110 Å². The van der Waals surface area contributed by atoms with Crippen molar-refractivity contribution in [1.29, 1.82) is 0 Å². The standard InChI is InChI=1S/C10H14N6O2S/c1-11-8-4-3-5-12-10(8)19(17,18)14-6-9-15-13-7-16(9)2/h3-5,7,11,14H,6H2,1-2H3. The van der Waals surface area contributed by atoms with Gasteiger partial charge in [-0.3, -0.25) is 0 Å². The maximum atomic E-state index is 12.1. The average molecular weight is 282 g/mol. The third-order valence-corrected chi connectivity index (χ3v) is 3.88. The Balaban J connectivity index is 2.21. The van der Waals surface area contributed by atoms with Crippen LogP contribution in [0.25, 0.3) is 0 Å². The number of aryl methyl sites for hydroxylation is 1. The Morgan fingerprint density at radius 1 is 1.42 bits per heavy atom. The van der Waals surface area contributed by atoms with Crippen LogP contribution in [-0.2, 0) is 23.6 Å². The molecule has 0 aliphatic carbocycles.